The molecule has 0 bridgehead atoms. The molecule has 1 aromatic heterocycles. The number of ether oxygens (including phenoxy) is 1. The van der Waals surface area contributed by atoms with E-state index in [-0.39, 0.29) is 6.03 Å². The minimum absolute atomic E-state index is 0.234. The molecule has 0 unspecified atom stereocenters. The largest absolute Gasteiger partial charge is 0.495 e. The number of nitrogens with one attached hydrogen (secondary N) is 2. The summed E-state index contributed by atoms with van der Waals surface area (Å²) in [6.45, 7) is 4.35. The molecule has 1 atom stereocenters. The molecule has 7 nitrogen and oxygen atoms in total. The van der Waals surface area contributed by atoms with Crippen LogP contribution in [0.4, 0.5) is 15.6 Å². The number of carbonyl (C=O) groups excluding carboxylic acids is 1. The zero-order chi connectivity index (χ0) is 16.9. The van der Waals surface area contributed by atoms with Crippen molar-refractivity contribution < 1.29 is 9.53 Å². The van der Waals surface area contributed by atoms with E-state index >= 15 is 0 Å². The summed E-state index contributed by atoms with van der Waals surface area (Å²) >= 11 is 1.36. The van der Waals surface area contributed by atoms with E-state index in [4.69, 9.17) is 4.74 Å². The summed E-state index contributed by atoms with van der Waals surface area (Å²) in [6, 6.07) is 7.79. The monoisotopic (exact) mass is 347 g/mol. The third kappa shape index (κ3) is 3.94. The average molecular weight is 347 g/mol. The lowest BCUT2D eigenvalue weighted by Crippen LogP contribution is -2.34. The maximum Gasteiger partial charge on any atom is 0.321 e. The zero-order valence-corrected chi connectivity index (χ0v) is 14.6. The quantitative estimate of drug-likeness (QED) is 0.869. The topological polar surface area (TPSA) is 79.4 Å². The highest BCUT2D eigenvalue weighted by atomic mass is 32.1. The Bertz CT molecular complexity index is 705. The number of para-hydroxylation sites is 2. The van der Waals surface area contributed by atoms with Gasteiger partial charge in [-0.1, -0.05) is 23.5 Å². The highest BCUT2D eigenvalue weighted by molar-refractivity contribution is 7.15. The predicted molar refractivity (Wildman–Crippen MR) is 95.0 cm³/mol. The molecule has 1 aliphatic heterocycles. The van der Waals surface area contributed by atoms with Crippen LogP contribution in [0.5, 0.6) is 5.75 Å². The first-order valence-electron chi connectivity index (χ1n) is 7.88. The Kier molecular flexibility index (Phi) is 5.14. The predicted octanol–water partition coefficient (Wildman–Crippen LogP) is 2.50. The Morgan fingerprint density at radius 3 is 3.00 bits per heavy atom. The van der Waals surface area contributed by atoms with Crippen LogP contribution in [0.15, 0.2) is 24.3 Å². The molecule has 8 heteroatoms. The number of nitrogens with zero attached hydrogens (tertiary/aromatic N) is 3. The highest BCUT2D eigenvalue weighted by Crippen LogP contribution is 2.31. The molecule has 0 spiro atoms. The van der Waals surface area contributed by atoms with Gasteiger partial charge in [0.2, 0.25) is 5.13 Å². The van der Waals surface area contributed by atoms with Crippen LogP contribution in [0.3, 0.4) is 0 Å². The van der Waals surface area contributed by atoms with E-state index in [2.05, 4.69) is 31.8 Å². The van der Waals surface area contributed by atoms with Gasteiger partial charge in [-0.15, -0.1) is 10.2 Å². The molecule has 2 amide bonds. The second-order valence-corrected chi connectivity index (χ2v) is 6.92. The van der Waals surface area contributed by atoms with Crippen LogP contribution < -0.4 is 20.3 Å². The highest BCUT2D eigenvalue weighted by Gasteiger charge is 2.24. The molecule has 1 aliphatic rings. The van der Waals surface area contributed by atoms with Crippen LogP contribution in [0, 0.1) is 12.8 Å². The number of urea groups is 1. The van der Waals surface area contributed by atoms with Gasteiger partial charge in [-0.05, 0) is 31.4 Å². The van der Waals surface area contributed by atoms with E-state index < -0.39 is 0 Å². The third-order valence-corrected chi connectivity index (χ3v) is 4.76. The molecule has 2 aromatic rings. The second kappa shape index (κ2) is 7.48. The van der Waals surface area contributed by atoms with E-state index in [9.17, 15) is 4.79 Å². The Hall–Kier alpha value is -2.35. The van der Waals surface area contributed by atoms with Crippen LogP contribution in [0.1, 0.15) is 11.4 Å². The maximum atomic E-state index is 11.9. The fourth-order valence-corrected chi connectivity index (χ4v) is 3.42. The Labute approximate surface area is 145 Å². The van der Waals surface area contributed by atoms with Gasteiger partial charge in [0.05, 0.1) is 12.8 Å². The van der Waals surface area contributed by atoms with Crippen LogP contribution >= 0.6 is 11.3 Å². The van der Waals surface area contributed by atoms with Crippen molar-refractivity contribution in [1.29, 1.82) is 0 Å². The van der Waals surface area contributed by atoms with Gasteiger partial charge in [-0.25, -0.2) is 4.79 Å². The maximum absolute atomic E-state index is 11.9. The first-order valence-corrected chi connectivity index (χ1v) is 8.70. The molecule has 0 saturated carbocycles. The molecule has 2 heterocycles. The van der Waals surface area contributed by atoms with Crippen molar-refractivity contribution in [2.45, 2.75) is 13.3 Å². The lowest BCUT2D eigenvalue weighted by molar-refractivity contribution is 0.250. The zero-order valence-electron chi connectivity index (χ0n) is 13.8. The summed E-state index contributed by atoms with van der Waals surface area (Å²) in [5.41, 5.74) is 1.11. The summed E-state index contributed by atoms with van der Waals surface area (Å²) in [7, 11) is 1.69. The van der Waals surface area contributed by atoms with Crippen molar-refractivity contribution in [2.75, 3.05) is 37.0 Å². The van der Waals surface area contributed by atoms with Crippen molar-refractivity contribution in [1.82, 2.24) is 15.5 Å². The van der Waals surface area contributed by atoms with Gasteiger partial charge in [0.15, 0.2) is 0 Å². The van der Waals surface area contributed by atoms with Gasteiger partial charge >= 0.3 is 6.03 Å². The summed E-state index contributed by atoms with van der Waals surface area (Å²) in [6.07, 6.45) is 1.04. The fourth-order valence-electron chi connectivity index (χ4n) is 2.83. The van der Waals surface area contributed by atoms with Gasteiger partial charge in [0.1, 0.15) is 10.8 Å². The van der Waals surface area contributed by atoms with Gasteiger partial charge in [0, 0.05) is 19.6 Å². The molecule has 24 heavy (non-hydrogen) atoms. The fraction of sp³-hybridized carbons (Fsp3) is 0.438. The molecule has 0 aliphatic carbocycles. The molecule has 1 saturated heterocycles. The number of hydrogen-bond donors (Lipinski definition) is 2. The first kappa shape index (κ1) is 16.5. The molecule has 1 aromatic carbocycles. The Morgan fingerprint density at radius 2 is 2.25 bits per heavy atom. The lowest BCUT2D eigenvalue weighted by Gasteiger charge is -2.21. The number of anilines is 2. The van der Waals surface area contributed by atoms with Gasteiger partial charge < -0.3 is 15.0 Å². The number of carbonyl (C=O) groups is 1. The van der Waals surface area contributed by atoms with Crippen LogP contribution in [-0.4, -0.2) is 43.0 Å². The smallest absolute Gasteiger partial charge is 0.321 e. The van der Waals surface area contributed by atoms with Crippen molar-refractivity contribution in [3.05, 3.63) is 29.3 Å². The van der Waals surface area contributed by atoms with Crippen molar-refractivity contribution in [3.8, 4) is 5.75 Å². The van der Waals surface area contributed by atoms with E-state index in [1.54, 1.807) is 7.11 Å². The molecule has 1 fully saturated rings. The summed E-state index contributed by atoms with van der Waals surface area (Å²) in [5, 5.41) is 14.7. The van der Waals surface area contributed by atoms with Gasteiger partial charge in [-0.2, -0.15) is 0 Å². The van der Waals surface area contributed by atoms with E-state index in [1.165, 1.54) is 11.3 Å². The minimum Gasteiger partial charge on any atom is -0.495 e. The SMILES string of the molecule is COc1ccccc1N1CC[C@@H](CNC(=O)Nc2nnc(C)s2)C1. The normalized spacial score (nSPS) is 16.9. The summed E-state index contributed by atoms with van der Waals surface area (Å²) < 4.78 is 5.43. The average Bonchev–Trinajstić information content (AvgIpc) is 3.22. The Morgan fingerprint density at radius 1 is 1.42 bits per heavy atom. The van der Waals surface area contributed by atoms with E-state index in [0.717, 1.165) is 36.0 Å². The minimum atomic E-state index is -0.234. The van der Waals surface area contributed by atoms with Crippen molar-refractivity contribution >= 4 is 28.2 Å². The molecular formula is C16H21N5O2S. The van der Waals surface area contributed by atoms with E-state index in [1.807, 2.05) is 25.1 Å². The van der Waals surface area contributed by atoms with Gasteiger partial charge in [-0.3, -0.25) is 5.32 Å². The van der Waals surface area contributed by atoms with Crippen molar-refractivity contribution in [2.24, 2.45) is 5.92 Å². The lowest BCUT2D eigenvalue weighted by atomic mass is 10.1. The number of amides is 2. The van der Waals surface area contributed by atoms with Gasteiger partial charge in [0.25, 0.3) is 0 Å². The number of aryl methyl sites for hydroxylation is 1. The number of methoxy groups -OCH3 is 1. The van der Waals surface area contributed by atoms with Crippen LogP contribution in [0.2, 0.25) is 0 Å². The summed E-state index contributed by atoms with van der Waals surface area (Å²) in [5.74, 6) is 1.30. The van der Waals surface area contributed by atoms with E-state index in [0.29, 0.717) is 17.6 Å². The van der Waals surface area contributed by atoms with Crippen LogP contribution in [0.25, 0.3) is 0 Å². The standard InChI is InChI=1S/C16H21N5O2S/c1-11-19-20-16(24-11)18-15(22)17-9-12-7-8-21(10-12)13-5-3-4-6-14(13)23-2/h3-6,12H,7-10H2,1-2H3,(H2,17,18,20,22)/t12-/m0/s1. The van der Waals surface area contributed by atoms with Crippen molar-refractivity contribution in [3.63, 3.8) is 0 Å². The molecular weight excluding hydrogens is 326 g/mol. The second-order valence-electron chi connectivity index (χ2n) is 5.73. The summed E-state index contributed by atoms with van der Waals surface area (Å²) in [4.78, 5) is 14.2. The molecule has 2 N–H and O–H groups in total. The number of aromatic nitrogens is 2. The van der Waals surface area contributed by atoms with Crippen LogP contribution in [-0.2, 0) is 0 Å². The number of benzene rings is 1. The molecule has 0 radical (unpaired) electrons. The molecule has 128 valence electrons. The molecule has 3 rings (SSSR count). The first-order chi connectivity index (χ1) is 11.7. The Balaban J connectivity index is 1.48. The number of rotatable bonds is 5. The number of hydrogen-bond acceptors (Lipinski definition) is 6. The third-order valence-electron chi connectivity index (χ3n) is 4.01.